The third-order valence-corrected chi connectivity index (χ3v) is 6.97. The van der Waals surface area contributed by atoms with Gasteiger partial charge in [0, 0.05) is 5.02 Å². The van der Waals surface area contributed by atoms with Crippen LogP contribution in [0.1, 0.15) is 24.0 Å². The fourth-order valence-electron chi connectivity index (χ4n) is 2.96. The van der Waals surface area contributed by atoms with Gasteiger partial charge < -0.3 is 4.90 Å². The van der Waals surface area contributed by atoms with Gasteiger partial charge in [-0.1, -0.05) is 42.9 Å². The first kappa shape index (κ1) is 17.0. The van der Waals surface area contributed by atoms with E-state index in [1.165, 1.54) is 49.3 Å². The summed E-state index contributed by atoms with van der Waals surface area (Å²) in [5.41, 5.74) is 2.56. The molecule has 1 nitrogen and oxygen atoms in total. The molecule has 19 heavy (non-hydrogen) atoms. The van der Waals surface area contributed by atoms with E-state index in [-0.39, 0.29) is 12.4 Å². The minimum atomic E-state index is -1.22. The van der Waals surface area contributed by atoms with Gasteiger partial charge in [0.15, 0.2) is 0 Å². The van der Waals surface area contributed by atoms with Crippen LogP contribution in [0.3, 0.4) is 0 Å². The minimum Gasteiger partial charge on any atom is -0.306 e. The van der Waals surface area contributed by atoms with Crippen molar-refractivity contribution in [1.29, 1.82) is 0 Å². The molecule has 0 amide bonds. The maximum atomic E-state index is 6.42. The lowest BCUT2D eigenvalue weighted by molar-refractivity contribution is 0.388. The molecule has 1 aliphatic heterocycles. The van der Waals surface area contributed by atoms with E-state index < -0.39 is 8.07 Å². The molecular formula is C15H25Cl2NSi. The Labute approximate surface area is 129 Å². The first-order valence-electron chi connectivity index (χ1n) is 6.94. The summed E-state index contributed by atoms with van der Waals surface area (Å²) in [5, 5.41) is 0.986. The Kier molecular flexibility index (Phi) is 6.38. The van der Waals surface area contributed by atoms with E-state index in [2.05, 4.69) is 43.1 Å². The molecule has 1 aromatic carbocycles. The Balaban J connectivity index is 0.00000180. The first-order chi connectivity index (χ1) is 8.48. The van der Waals surface area contributed by atoms with Crippen LogP contribution >= 0.6 is 24.0 Å². The zero-order valence-corrected chi connectivity index (χ0v) is 14.8. The van der Waals surface area contributed by atoms with Crippen LogP contribution in [0.5, 0.6) is 0 Å². The van der Waals surface area contributed by atoms with Crippen LogP contribution in [0, 0.1) is 6.92 Å². The number of hydrogen-bond donors (Lipinski definition) is 0. The third-order valence-electron chi connectivity index (χ3n) is 3.79. The molecule has 4 heteroatoms. The van der Waals surface area contributed by atoms with Crippen LogP contribution in [0.25, 0.3) is 0 Å². The van der Waals surface area contributed by atoms with E-state index in [4.69, 9.17) is 11.6 Å². The van der Waals surface area contributed by atoms with Crippen LogP contribution in [-0.2, 0) is 6.04 Å². The highest BCUT2D eigenvalue weighted by Gasteiger charge is 2.26. The van der Waals surface area contributed by atoms with Crippen LogP contribution in [-0.4, -0.2) is 32.2 Å². The van der Waals surface area contributed by atoms with Gasteiger partial charge in [0.2, 0.25) is 0 Å². The smallest absolute Gasteiger partial charge is 0.0673 e. The van der Waals surface area contributed by atoms with Crippen LogP contribution in [0.2, 0.25) is 18.1 Å². The number of hydrogen-bond acceptors (Lipinski definition) is 1. The zero-order chi connectivity index (χ0) is 13.2. The second-order valence-corrected chi connectivity index (χ2v) is 11.7. The maximum Gasteiger partial charge on any atom is 0.0673 e. The SMILES string of the molecule is Cc1cccc(C[Si](C)(C)CN2CCCC2)c1Cl.Cl. The molecule has 0 atom stereocenters. The van der Waals surface area contributed by atoms with Gasteiger partial charge in [-0.15, -0.1) is 12.4 Å². The molecule has 0 N–H and O–H groups in total. The summed E-state index contributed by atoms with van der Waals surface area (Å²) in [6.45, 7) is 9.69. The molecule has 0 radical (unpaired) electrons. The van der Waals surface area contributed by atoms with E-state index in [9.17, 15) is 0 Å². The highest BCUT2D eigenvalue weighted by molar-refractivity contribution is 6.77. The molecule has 1 heterocycles. The van der Waals surface area contributed by atoms with E-state index in [1.807, 2.05) is 0 Å². The second-order valence-electron chi connectivity index (χ2n) is 6.37. The number of aryl methyl sites for hydroxylation is 1. The Morgan fingerprint density at radius 2 is 1.84 bits per heavy atom. The first-order valence-corrected chi connectivity index (χ1v) is 10.7. The molecular weight excluding hydrogens is 293 g/mol. The molecule has 1 aromatic rings. The van der Waals surface area contributed by atoms with Crippen LogP contribution < -0.4 is 0 Å². The number of nitrogens with zero attached hydrogens (tertiary/aromatic N) is 1. The summed E-state index contributed by atoms with van der Waals surface area (Å²) < 4.78 is 0. The number of likely N-dealkylation sites (tertiary alicyclic amines) is 1. The molecule has 0 bridgehead atoms. The van der Waals surface area contributed by atoms with Gasteiger partial charge in [-0.25, -0.2) is 0 Å². The van der Waals surface area contributed by atoms with Gasteiger partial charge in [-0.2, -0.15) is 0 Å². The molecule has 0 aliphatic carbocycles. The van der Waals surface area contributed by atoms with Crippen LogP contribution in [0.4, 0.5) is 0 Å². The molecule has 1 fully saturated rings. The average molecular weight is 318 g/mol. The average Bonchev–Trinajstić information content (AvgIpc) is 2.76. The Morgan fingerprint density at radius 3 is 2.47 bits per heavy atom. The quantitative estimate of drug-likeness (QED) is 0.739. The molecule has 2 rings (SSSR count). The lowest BCUT2D eigenvalue weighted by atomic mass is 10.2. The molecule has 0 unspecified atom stereocenters. The van der Waals surface area contributed by atoms with Crippen molar-refractivity contribution in [3.8, 4) is 0 Å². The topological polar surface area (TPSA) is 3.24 Å². The van der Waals surface area contributed by atoms with E-state index in [0.717, 1.165) is 5.02 Å². The Hall–Kier alpha value is -0.0231. The summed E-state index contributed by atoms with van der Waals surface area (Å²) in [4.78, 5) is 2.65. The van der Waals surface area contributed by atoms with Gasteiger partial charge in [0.1, 0.15) is 0 Å². The van der Waals surface area contributed by atoms with E-state index in [0.29, 0.717) is 0 Å². The summed E-state index contributed by atoms with van der Waals surface area (Å²) in [7, 11) is -1.22. The fourth-order valence-corrected chi connectivity index (χ4v) is 6.23. The zero-order valence-electron chi connectivity index (χ0n) is 12.2. The second kappa shape index (κ2) is 7.12. The lowest BCUT2D eigenvalue weighted by Crippen LogP contribution is -2.43. The largest absolute Gasteiger partial charge is 0.306 e. The van der Waals surface area contributed by atoms with Crippen LogP contribution in [0.15, 0.2) is 18.2 Å². The third kappa shape index (κ3) is 4.78. The summed E-state index contributed by atoms with van der Waals surface area (Å²) >= 11 is 6.42. The molecule has 1 aliphatic rings. The Bertz CT molecular complexity index is 415. The minimum absolute atomic E-state index is 0. The van der Waals surface area contributed by atoms with Crippen molar-refractivity contribution in [2.45, 2.75) is 38.9 Å². The van der Waals surface area contributed by atoms with Crippen molar-refractivity contribution in [3.63, 3.8) is 0 Å². The van der Waals surface area contributed by atoms with Gasteiger partial charge >= 0.3 is 0 Å². The van der Waals surface area contributed by atoms with E-state index >= 15 is 0 Å². The standard InChI is InChI=1S/C15H24ClNSi.ClH/c1-13-7-6-8-14(15(13)16)11-18(2,3)12-17-9-4-5-10-17;/h6-8H,4-5,9-12H2,1-3H3;1H. The van der Waals surface area contributed by atoms with Crippen molar-refractivity contribution in [2.75, 3.05) is 19.3 Å². The summed E-state index contributed by atoms with van der Waals surface area (Å²) in [5.74, 6) is 0. The molecule has 0 saturated carbocycles. The molecule has 1 saturated heterocycles. The van der Waals surface area contributed by atoms with Crippen molar-refractivity contribution >= 4 is 32.1 Å². The molecule has 0 aromatic heterocycles. The number of benzene rings is 1. The maximum absolute atomic E-state index is 6.42. The predicted molar refractivity (Wildman–Crippen MR) is 90.3 cm³/mol. The highest BCUT2D eigenvalue weighted by Crippen LogP contribution is 2.25. The van der Waals surface area contributed by atoms with Crippen molar-refractivity contribution in [3.05, 3.63) is 34.3 Å². The summed E-state index contributed by atoms with van der Waals surface area (Å²) in [6.07, 6.45) is 4.09. The predicted octanol–water partition coefficient (Wildman–Crippen LogP) is 4.50. The van der Waals surface area contributed by atoms with Gasteiger partial charge in [-0.05, 0) is 56.2 Å². The van der Waals surface area contributed by atoms with E-state index in [1.54, 1.807) is 0 Å². The summed E-state index contributed by atoms with van der Waals surface area (Å²) in [6, 6.07) is 7.63. The molecule has 108 valence electrons. The van der Waals surface area contributed by atoms with Crippen molar-refractivity contribution in [1.82, 2.24) is 4.90 Å². The van der Waals surface area contributed by atoms with Crippen molar-refractivity contribution < 1.29 is 0 Å². The number of rotatable bonds is 4. The van der Waals surface area contributed by atoms with Gasteiger partial charge in [-0.3, -0.25) is 0 Å². The van der Waals surface area contributed by atoms with Crippen molar-refractivity contribution in [2.24, 2.45) is 0 Å². The molecule has 0 spiro atoms. The Morgan fingerprint density at radius 1 is 1.21 bits per heavy atom. The fraction of sp³-hybridized carbons (Fsp3) is 0.600. The van der Waals surface area contributed by atoms with Gasteiger partial charge in [0.05, 0.1) is 8.07 Å². The normalized spacial score (nSPS) is 16.4. The lowest BCUT2D eigenvalue weighted by Gasteiger charge is -2.28. The highest BCUT2D eigenvalue weighted by atomic mass is 35.5. The number of halogens is 2. The van der Waals surface area contributed by atoms with Gasteiger partial charge in [0.25, 0.3) is 0 Å². The monoisotopic (exact) mass is 317 g/mol.